The molecule has 0 aliphatic rings. The normalized spacial score (nSPS) is 9.95. The summed E-state index contributed by atoms with van der Waals surface area (Å²) in [5.41, 5.74) is -0.209. The Morgan fingerprint density at radius 2 is 1.89 bits per heavy atom. The molecule has 0 spiro atoms. The van der Waals surface area contributed by atoms with E-state index in [0.717, 1.165) is 0 Å². The Labute approximate surface area is 115 Å². The highest BCUT2D eigenvalue weighted by atomic mass is 79.9. The third-order valence-electron chi connectivity index (χ3n) is 2.06. The van der Waals surface area contributed by atoms with E-state index in [1.165, 1.54) is 30.6 Å². The van der Waals surface area contributed by atoms with Gasteiger partial charge in [0.2, 0.25) is 0 Å². The van der Waals surface area contributed by atoms with E-state index < -0.39 is 11.9 Å². The zero-order valence-electron chi connectivity index (χ0n) is 9.37. The van der Waals surface area contributed by atoms with Crippen molar-refractivity contribution in [3.05, 3.63) is 46.6 Å². The summed E-state index contributed by atoms with van der Waals surface area (Å²) in [7, 11) is 0. The van der Waals surface area contributed by atoms with Gasteiger partial charge in [-0.3, -0.25) is 4.79 Å². The number of carbonyl (C=O) groups excluding carboxylic acids is 1. The first-order chi connectivity index (χ1) is 9.06. The van der Waals surface area contributed by atoms with E-state index in [1.807, 2.05) is 0 Å². The second kappa shape index (κ2) is 5.53. The van der Waals surface area contributed by atoms with Crippen molar-refractivity contribution in [2.45, 2.75) is 0 Å². The lowest BCUT2D eigenvalue weighted by atomic mass is 10.3. The molecule has 0 bridgehead atoms. The summed E-state index contributed by atoms with van der Waals surface area (Å²) in [6.07, 6.45) is 2.79. The zero-order chi connectivity index (χ0) is 13.8. The lowest BCUT2D eigenvalue weighted by Gasteiger charge is -2.03. The van der Waals surface area contributed by atoms with Gasteiger partial charge in [-0.05, 0) is 28.1 Å². The molecule has 1 amide bonds. The third kappa shape index (κ3) is 3.32. The Bertz CT molecular complexity index is 630. The van der Waals surface area contributed by atoms with Crippen LogP contribution < -0.4 is 5.32 Å². The molecule has 0 aliphatic carbocycles. The van der Waals surface area contributed by atoms with Crippen molar-refractivity contribution in [1.82, 2.24) is 15.0 Å². The van der Waals surface area contributed by atoms with E-state index in [9.17, 15) is 9.59 Å². The molecular formula is C11H7BrN4O3. The fourth-order valence-corrected chi connectivity index (χ4v) is 1.44. The molecule has 0 saturated carbocycles. The highest BCUT2D eigenvalue weighted by Gasteiger charge is 2.12. The molecule has 0 aliphatic heterocycles. The molecule has 2 heterocycles. The molecule has 0 fully saturated rings. The number of rotatable bonds is 3. The van der Waals surface area contributed by atoms with Crippen molar-refractivity contribution in [2.75, 3.05) is 5.32 Å². The summed E-state index contributed by atoms with van der Waals surface area (Å²) >= 11 is 3.12. The van der Waals surface area contributed by atoms with Crippen LogP contribution in [0.4, 0.5) is 5.82 Å². The van der Waals surface area contributed by atoms with Crippen LogP contribution in [0.5, 0.6) is 0 Å². The molecule has 0 radical (unpaired) electrons. The molecule has 0 unspecified atom stereocenters. The summed E-state index contributed by atoms with van der Waals surface area (Å²) < 4.78 is 0.538. The molecule has 0 atom stereocenters. The van der Waals surface area contributed by atoms with Gasteiger partial charge >= 0.3 is 5.97 Å². The van der Waals surface area contributed by atoms with Gasteiger partial charge in [0.1, 0.15) is 16.0 Å². The van der Waals surface area contributed by atoms with Crippen molar-refractivity contribution in [3.63, 3.8) is 0 Å². The SMILES string of the molecule is O=C(O)c1cccc(C(=O)Nc2cnc(Br)cn2)n1. The topological polar surface area (TPSA) is 105 Å². The zero-order valence-corrected chi connectivity index (χ0v) is 11.0. The maximum Gasteiger partial charge on any atom is 0.354 e. The van der Waals surface area contributed by atoms with Gasteiger partial charge in [0, 0.05) is 0 Å². The van der Waals surface area contributed by atoms with Crippen molar-refractivity contribution in [1.29, 1.82) is 0 Å². The number of nitrogens with zero attached hydrogens (tertiary/aromatic N) is 3. The Balaban J connectivity index is 2.18. The largest absolute Gasteiger partial charge is 0.477 e. The van der Waals surface area contributed by atoms with Gasteiger partial charge in [0.25, 0.3) is 5.91 Å². The minimum absolute atomic E-state index is 0.00961. The first kappa shape index (κ1) is 13.1. The van der Waals surface area contributed by atoms with Crippen LogP contribution in [0.1, 0.15) is 21.0 Å². The Hall–Kier alpha value is -2.35. The number of nitrogens with one attached hydrogen (secondary N) is 1. The molecule has 2 aromatic rings. The van der Waals surface area contributed by atoms with Gasteiger partial charge in [0.05, 0.1) is 12.4 Å². The van der Waals surface area contributed by atoms with Gasteiger partial charge in [-0.15, -0.1) is 0 Å². The van der Waals surface area contributed by atoms with Crippen molar-refractivity contribution >= 4 is 33.6 Å². The van der Waals surface area contributed by atoms with E-state index in [0.29, 0.717) is 4.60 Å². The van der Waals surface area contributed by atoms with E-state index in [1.54, 1.807) is 0 Å². The molecule has 0 saturated heterocycles. The summed E-state index contributed by atoms with van der Waals surface area (Å²) in [5, 5.41) is 11.3. The molecule has 2 aromatic heterocycles. The first-order valence-electron chi connectivity index (χ1n) is 5.05. The van der Waals surface area contributed by atoms with Crippen LogP contribution in [-0.4, -0.2) is 31.9 Å². The number of carboxylic acids is 1. The molecular weight excluding hydrogens is 316 g/mol. The van der Waals surface area contributed by atoms with Crippen LogP contribution in [0, 0.1) is 0 Å². The minimum Gasteiger partial charge on any atom is -0.477 e. The fourth-order valence-electron chi connectivity index (χ4n) is 1.24. The van der Waals surface area contributed by atoms with Crippen LogP contribution in [0.3, 0.4) is 0 Å². The number of hydrogen-bond donors (Lipinski definition) is 2. The number of anilines is 1. The number of pyridine rings is 1. The molecule has 0 aromatic carbocycles. The van der Waals surface area contributed by atoms with Gasteiger partial charge in [-0.25, -0.2) is 19.7 Å². The van der Waals surface area contributed by atoms with Crippen LogP contribution in [0.2, 0.25) is 0 Å². The molecule has 2 N–H and O–H groups in total. The fraction of sp³-hybridized carbons (Fsp3) is 0. The molecule has 96 valence electrons. The third-order valence-corrected chi connectivity index (χ3v) is 2.47. The average molecular weight is 323 g/mol. The van der Waals surface area contributed by atoms with Crippen molar-refractivity contribution in [2.24, 2.45) is 0 Å². The molecule has 2 rings (SSSR count). The monoisotopic (exact) mass is 322 g/mol. The summed E-state index contributed by atoms with van der Waals surface area (Å²) in [6, 6.07) is 4.16. The van der Waals surface area contributed by atoms with Crippen molar-refractivity contribution in [3.8, 4) is 0 Å². The lowest BCUT2D eigenvalue weighted by Crippen LogP contribution is -2.16. The second-order valence-corrected chi connectivity index (χ2v) is 4.20. The van der Waals surface area contributed by atoms with Gasteiger partial charge in [-0.2, -0.15) is 0 Å². The maximum absolute atomic E-state index is 11.8. The van der Waals surface area contributed by atoms with Crippen LogP contribution in [-0.2, 0) is 0 Å². The van der Waals surface area contributed by atoms with Crippen LogP contribution in [0.15, 0.2) is 35.2 Å². The van der Waals surface area contributed by atoms with E-state index in [-0.39, 0.29) is 17.2 Å². The maximum atomic E-state index is 11.8. The first-order valence-corrected chi connectivity index (χ1v) is 5.85. The van der Waals surface area contributed by atoms with E-state index in [2.05, 4.69) is 36.2 Å². The minimum atomic E-state index is -1.20. The van der Waals surface area contributed by atoms with Gasteiger partial charge < -0.3 is 10.4 Å². The number of carboxylic acid groups (broad SMARTS) is 1. The smallest absolute Gasteiger partial charge is 0.354 e. The number of aromatic nitrogens is 3. The Kier molecular flexibility index (Phi) is 3.81. The predicted octanol–water partition coefficient (Wildman–Crippen LogP) is 1.58. The van der Waals surface area contributed by atoms with E-state index >= 15 is 0 Å². The van der Waals surface area contributed by atoms with E-state index in [4.69, 9.17) is 5.11 Å². The highest BCUT2D eigenvalue weighted by molar-refractivity contribution is 9.10. The number of carbonyl (C=O) groups is 2. The predicted molar refractivity (Wildman–Crippen MR) is 68.9 cm³/mol. The van der Waals surface area contributed by atoms with Gasteiger partial charge in [0.15, 0.2) is 5.82 Å². The van der Waals surface area contributed by atoms with Crippen LogP contribution >= 0.6 is 15.9 Å². The Morgan fingerprint density at radius 1 is 1.16 bits per heavy atom. The number of aromatic carboxylic acids is 1. The Morgan fingerprint density at radius 3 is 2.53 bits per heavy atom. The lowest BCUT2D eigenvalue weighted by molar-refractivity contribution is 0.0690. The average Bonchev–Trinajstić information content (AvgIpc) is 2.41. The highest BCUT2D eigenvalue weighted by Crippen LogP contribution is 2.08. The second-order valence-electron chi connectivity index (χ2n) is 3.39. The summed E-state index contributed by atoms with van der Waals surface area (Å²) in [6.45, 7) is 0. The van der Waals surface area contributed by atoms with Gasteiger partial charge in [-0.1, -0.05) is 6.07 Å². The van der Waals surface area contributed by atoms with Crippen molar-refractivity contribution < 1.29 is 14.7 Å². The number of halogens is 1. The van der Waals surface area contributed by atoms with Crippen LogP contribution in [0.25, 0.3) is 0 Å². The summed E-state index contributed by atoms with van der Waals surface area (Å²) in [4.78, 5) is 34.1. The molecule has 7 nitrogen and oxygen atoms in total. The number of hydrogen-bond acceptors (Lipinski definition) is 5. The quantitative estimate of drug-likeness (QED) is 0.888. The number of amides is 1. The molecule has 8 heteroatoms. The molecule has 19 heavy (non-hydrogen) atoms. The standard InChI is InChI=1S/C11H7BrN4O3/c12-8-4-14-9(5-13-8)16-10(17)6-2-1-3-7(15-6)11(18)19/h1-5H,(H,18,19)(H,14,16,17). The summed E-state index contributed by atoms with van der Waals surface area (Å²) in [5.74, 6) is -1.51.